The number of carbonyl (C=O) groups is 1. The minimum atomic E-state index is -0.0514. The van der Waals surface area contributed by atoms with Crippen LogP contribution in [0.25, 0.3) is 0 Å². The Labute approximate surface area is 144 Å². The van der Waals surface area contributed by atoms with Gasteiger partial charge in [-0.05, 0) is 90.5 Å². The van der Waals surface area contributed by atoms with E-state index in [0.717, 1.165) is 21.4 Å². The summed E-state index contributed by atoms with van der Waals surface area (Å²) in [5, 5.41) is 2.95. The van der Waals surface area contributed by atoms with Gasteiger partial charge in [0, 0.05) is 21.4 Å². The van der Waals surface area contributed by atoms with Gasteiger partial charge in [0.05, 0.1) is 0 Å². The van der Waals surface area contributed by atoms with E-state index in [9.17, 15) is 4.79 Å². The van der Waals surface area contributed by atoms with Crippen molar-refractivity contribution in [2.24, 2.45) is 0 Å². The molecule has 0 saturated carbocycles. The molecule has 1 aliphatic heterocycles. The van der Waals surface area contributed by atoms with E-state index < -0.39 is 0 Å². The van der Waals surface area contributed by atoms with Crippen molar-refractivity contribution in [2.45, 2.75) is 19.4 Å². The Morgan fingerprint density at radius 1 is 1.09 bits per heavy atom. The van der Waals surface area contributed by atoms with Crippen LogP contribution in [-0.4, -0.2) is 23.9 Å². The minimum Gasteiger partial charge on any atom is -0.322 e. The van der Waals surface area contributed by atoms with E-state index in [-0.39, 0.29) is 5.91 Å². The summed E-state index contributed by atoms with van der Waals surface area (Å²) in [6.45, 7) is 3.27. The normalized spacial score (nSPS) is 15.0. The van der Waals surface area contributed by atoms with Crippen molar-refractivity contribution >= 4 is 34.2 Å². The lowest BCUT2D eigenvalue weighted by Gasteiger charge is -2.15. The second-order valence-electron chi connectivity index (χ2n) is 5.64. The van der Waals surface area contributed by atoms with Gasteiger partial charge in [0.2, 0.25) is 0 Å². The quantitative estimate of drug-likeness (QED) is 0.775. The summed E-state index contributed by atoms with van der Waals surface area (Å²) in [4.78, 5) is 14.8. The maximum atomic E-state index is 12.4. The molecule has 0 aromatic heterocycles. The molecule has 3 rings (SSSR count). The molecule has 2 aromatic carbocycles. The van der Waals surface area contributed by atoms with Gasteiger partial charge in [0.25, 0.3) is 5.91 Å². The van der Waals surface area contributed by atoms with Crippen molar-refractivity contribution in [2.75, 3.05) is 18.4 Å². The van der Waals surface area contributed by atoms with Crippen molar-refractivity contribution in [1.29, 1.82) is 0 Å². The zero-order valence-corrected chi connectivity index (χ0v) is 14.5. The van der Waals surface area contributed by atoms with E-state index >= 15 is 0 Å². The van der Waals surface area contributed by atoms with E-state index in [1.807, 2.05) is 42.5 Å². The molecule has 1 saturated heterocycles. The molecule has 1 aliphatic rings. The van der Waals surface area contributed by atoms with Crippen molar-refractivity contribution < 1.29 is 4.79 Å². The highest BCUT2D eigenvalue weighted by Crippen LogP contribution is 2.16. The van der Waals surface area contributed by atoms with E-state index in [2.05, 4.69) is 38.9 Å². The highest BCUT2D eigenvalue weighted by Gasteiger charge is 2.13. The molecule has 0 unspecified atom stereocenters. The van der Waals surface area contributed by atoms with Gasteiger partial charge < -0.3 is 5.32 Å². The molecular weight excluding hydrogens is 387 g/mol. The third kappa shape index (κ3) is 4.08. The van der Waals surface area contributed by atoms with E-state index in [0.29, 0.717) is 0 Å². The largest absolute Gasteiger partial charge is 0.322 e. The third-order valence-corrected chi connectivity index (χ3v) is 4.62. The van der Waals surface area contributed by atoms with Crippen LogP contribution in [0.5, 0.6) is 0 Å². The first-order chi connectivity index (χ1) is 10.7. The standard InChI is InChI=1S/C18H19IN2O/c19-16-6-8-17(9-7-16)20-18(22)15-5-3-4-14(12-15)13-21-10-1-2-11-21/h3-9,12H,1-2,10-11,13H2,(H,20,22). The summed E-state index contributed by atoms with van der Waals surface area (Å²) in [5.74, 6) is -0.0514. The number of benzene rings is 2. The van der Waals surface area contributed by atoms with Gasteiger partial charge in [0.1, 0.15) is 0 Å². The minimum absolute atomic E-state index is 0.0514. The molecule has 4 heteroatoms. The summed E-state index contributed by atoms with van der Waals surface area (Å²) >= 11 is 2.25. The molecule has 3 nitrogen and oxygen atoms in total. The highest BCUT2D eigenvalue weighted by atomic mass is 127. The number of halogens is 1. The van der Waals surface area contributed by atoms with E-state index in [1.165, 1.54) is 31.5 Å². The topological polar surface area (TPSA) is 32.3 Å². The molecule has 2 aromatic rings. The van der Waals surface area contributed by atoms with Crippen LogP contribution < -0.4 is 5.32 Å². The van der Waals surface area contributed by atoms with Crippen LogP contribution in [0.1, 0.15) is 28.8 Å². The van der Waals surface area contributed by atoms with Crippen LogP contribution in [-0.2, 0) is 6.54 Å². The number of nitrogens with one attached hydrogen (secondary N) is 1. The fraction of sp³-hybridized carbons (Fsp3) is 0.278. The van der Waals surface area contributed by atoms with Gasteiger partial charge >= 0.3 is 0 Å². The van der Waals surface area contributed by atoms with Crippen molar-refractivity contribution in [1.82, 2.24) is 4.90 Å². The summed E-state index contributed by atoms with van der Waals surface area (Å²) < 4.78 is 1.16. The summed E-state index contributed by atoms with van der Waals surface area (Å²) in [6.07, 6.45) is 2.57. The number of rotatable bonds is 4. The van der Waals surface area contributed by atoms with Gasteiger partial charge in [-0.3, -0.25) is 9.69 Å². The predicted molar refractivity (Wildman–Crippen MR) is 98.1 cm³/mol. The van der Waals surface area contributed by atoms with E-state index in [4.69, 9.17) is 0 Å². The second kappa shape index (κ2) is 7.24. The lowest BCUT2D eigenvalue weighted by atomic mass is 10.1. The number of nitrogens with zero attached hydrogens (tertiary/aromatic N) is 1. The maximum absolute atomic E-state index is 12.4. The Hall–Kier alpha value is -1.40. The zero-order chi connectivity index (χ0) is 15.4. The number of hydrogen-bond donors (Lipinski definition) is 1. The molecule has 0 bridgehead atoms. The van der Waals surface area contributed by atoms with Crippen molar-refractivity contribution in [3.63, 3.8) is 0 Å². The molecule has 0 spiro atoms. The average Bonchev–Trinajstić information content (AvgIpc) is 3.03. The summed E-state index contributed by atoms with van der Waals surface area (Å²) in [6, 6.07) is 15.8. The monoisotopic (exact) mass is 406 g/mol. The summed E-state index contributed by atoms with van der Waals surface area (Å²) in [7, 11) is 0. The Kier molecular flexibility index (Phi) is 5.10. The lowest BCUT2D eigenvalue weighted by Crippen LogP contribution is -2.19. The smallest absolute Gasteiger partial charge is 0.255 e. The van der Waals surface area contributed by atoms with Gasteiger partial charge in [-0.2, -0.15) is 0 Å². The van der Waals surface area contributed by atoms with Crippen LogP contribution in [0.2, 0.25) is 0 Å². The molecular formula is C18H19IN2O. The van der Waals surface area contributed by atoms with Gasteiger partial charge in [-0.1, -0.05) is 12.1 Å². The van der Waals surface area contributed by atoms with Gasteiger partial charge in [-0.15, -0.1) is 0 Å². The fourth-order valence-corrected chi connectivity index (χ4v) is 3.11. The highest BCUT2D eigenvalue weighted by molar-refractivity contribution is 14.1. The molecule has 22 heavy (non-hydrogen) atoms. The number of hydrogen-bond acceptors (Lipinski definition) is 2. The van der Waals surface area contributed by atoms with Crippen molar-refractivity contribution in [3.05, 3.63) is 63.2 Å². The van der Waals surface area contributed by atoms with Crippen molar-refractivity contribution in [3.8, 4) is 0 Å². The Morgan fingerprint density at radius 3 is 2.55 bits per heavy atom. The number of carbonyl (C=O) groups excluding carboxylic acids is 1. The lowest BCUT2D eigenvalue weighted by molar-refractivity contribution is 0.102. The van der Waals surface area contributed by atoms with E-state index in [1.54, 1.807) is 0 Å². The maximum Gasteiger partial charge on any atom is 0.255 e. The molecule has 1 fully saturated rings. The molecule has 0 radical (unpaired) electrons. The Morgan fingerprint density at radius 2 is 1.82 bits per heavy atom. The molecule has 0 atom stereocenters. The van der Waals surface area contributed by atoms with Gasteiger partial charge in [0.15, 0.2) is 0 Å². The molecule has 0 aliphatic carbocycles. The van der Waals surface area contributed by atoms with Gasteiger partial charge in [-0.25, -0.2) is 0 Å². The molecule has 114 valence electrons. The fourth-order valence-electron chi connectivity index (χ4n) is 2.75. The van der Waals surface area contributed by atoms with Crippen LogP contribution in [0.3, 0.4) is 0 Å². The van der Waals surface area contributed by atoms with Crippen LogP contribution in [0.15, 0.2) is 48.5 Å². The van der Waals surface area contributed by atoms with Crippen LogP contribution in [0.4, 0.5) is 5.69 Å². The van der Waals surface area contributed by atoms with Crippen LogP contribution >= 0.6 is 22.6 Å². The van der Waals surface area contributed by atoms with Crippen LogP contribution in [0, 0.1) is 3.57 Å². The first kappa shape index (κ1) is 15.5. The predicted octanol–water partition coefficient (Wildman–Crippen LogP) is 4.14. The number of amides is 1. The summed E-state index contributed by atoms with van der Waals surface area (Å²) in [5.41, 5.74) is 2.75. The molecule has 1 amide bonds. The first-order valence-corrected chi connectivity index (χ1v) is 8.67. The molecule has 1 heterocycles. The SMILES string of the molecule is O=C(Nc1ccc(I)cc1)c1cccc(CN2CCCC2)c1. The Balaban J connectivity index is 1.67. The second-order valence-corrected chi connectivity index (χ2v) is 6.89. The third-order valence-electron chi connectivity index (χ3n) is 3.90. The number of anilines is 1. The average molecular weight is 406 g/mol. The Bertz CT molecular complexity index is 648. The number of likely N-dealkylation sites (tertiary alicyclic amines) is 1. The first-order valence-electron chi connectivity index (χ1n) is 7.59. The molecule has 1 N–H and O–H groups in total. The zero-order valence-electron chi connectivity index (χ0n) is 12.4.